The Hall–Kier alpha value is -2.53. The summed E-state index contributed by atoms with van der Waals surface area (Å²) in [4.78, 5) is 16.9. The summed E-state index contributed by atoms with van der Waals surface area (Å²) < 4.78 is 0. The number of para-hydroxylation sites is 2. The zero-order chi connectivity index (χ0) is 15.5. The van der Waals surface area contributed by atoms with E-state index in [1.165, 1.54) is 11.8 Å². The van der Waals surface area contributed by atoms with Gasteiger partial charge in [0.1, 0.15) is 11.4 Å². The number of carbonyl (C=O) groups excluding carboxylic acids is 1. The Morgan fingerprint density at radius 3 is 2.64 bits per heavy atom. The Kier molecular flexibility index (Phi) is 3.98. The van der Waals surface area contributed by atoms with Gasteiger partial charge in [0.25, 0.3) is 5.91 Å². The zero-order valence-electron chi connectivity index (χ0n) is 11.9. The predicted octanol–water partition coefficient (Wildman–Crippen LogP) is 3.59. The highest BCUT2D eigenvalue weighted by Crippen LogP contribution is 2.31. The number of rotatable bonds is 2. The smallest absolute Gasteiger partial charge is 0.264 e. The zero-order valence-corrected chi connectivity index (χ0v) is 12.7. The molecule has 0 aromatic heterocycles. The maximum Gasteiger partial charge on any atom is 0.264 e. The Labute approximate surface area is 132 Å². The molecule has 2 N–H and O–H groups in total. The van der Waals surface area contributed by atoms with Gasteiger partial charge in [0, 0.05) is 0 Å². The maximum absolute atomic E-state index is 12.0. The normalized spacial score (nSPS) is 18.0. The van der Waals surface area contributed by atoms with E-state index in [-0.39, 0.29) is 11.7 Å². The summed E-state index contributed by atoms with van der Waals surface area (Å²) in [6, 6.07) is 14.6. The number of phenolic OH excluding ortho intramolecular Hbond substituents is 1. The van der Waals surface area contributed by atoms with Crippen LogP contribution in [0, 0.1) is 6.92 Å². The van der Waals surface area contributed by atoms with Gasteiger partial charge in [-0.1, -0.05) is 36.4 Å². The standard InChI is InChI=1S/C17H14N2O2S/c1-11-6-2-3-7-12(11)10-15-16(21)19-17(22-15)18-13-8-4-5-9-14(13)20/h2-10,20H,1H3,(H,18,19,21)/b15-10+. The molecule has 0 spiro atoms. The van der Waals surface area contributed by atoms with Gasteiger partial charge >= 0.3 is 0 Å². The third kappa shape index (κ3) is 3.04. The van der Waals surface area contributed by atoms with E-state index in [9.17, 15) is 9.90 Å². The number of nitrogens with zero attached hydrogens (tertiary/aromatic N) is 1. The first-order chi connectivity index (χ1) is 10.6. The first kappa shape index (κ1) is 14.4. The molecule has 0 unspecified atom stereocenters. The molecule has 1 saturated heterocycles. The fraction of sp³-hybridized carbons (Fsp3) is 0.0588. The molecule has 1 fully saturated rings. The first-order valence-electron chi connectivity index (χ1n) is 6.77. The molecule has 1 aliphatic heterocycles. The highest BCUT2D eigenvalue weighted by Gasteiger charge is 2.24. The maximum atomic E-state index is 12.0. The summed E-state index contributed by atoms with van der Waals surface area (Å²) >= 11 is 1.27. The van der Waals surface area contributed by atoms with E-state index in [0.29, 0.717) is 15.8 Å². The molecule has 0 aliphatic carbocycles. The number of thioether (sulfide) groups is 1. The predicted molar refractivity (Wildman–Crippen MR) is 90.1 cm³/mol. The highest BCUT2D eigenvalue weighted by atomic mass is 32.2. The fourth-order valence-electron chi connectivity index (χ4n) is 2.04. The van der Waals surface area contributed by atoms with Crippen molar-refractivity contribution >= 4 is 34.6 Å². The van der Waals surface area contributed by atoms with E-state index in [1.807, 2.05) is 37.3 Å². The number of hydrogen-bond acceptors (Lipinski definition) is 4. The minimum Gasteiger partial charge on any atom is -0.506 e. The monoisotopic (exact) mass is 310 g/mol. The lowest BCUT2D eigenvalue weighted by Gasteiger charge is -1.99. The SMILES string of the molecule is Cc1ccccc1/C=C1/SC(=Nc2ccccc2O)NC1=O. The lowest BCUT2D eigenvalue weighted by atomic mass is 10.1. The molecule has 0 saturated carbocycles. The average Bonchev–Trinajstić information content (AvgIpc) is 2.84. The second-order valence-electron chi connectivity index (χ2n) is 4.83. The number of aromatic hydroxyl groups is 1. The van der Waals surface area contributed by atoms with Crippen LogP contribution in [0.15, 0.2) is 58.4 Å². The van der Waals surface area contributed by atoms with Gasteiger partial charge in [0.2, 0.25) is 0 Å². The summed E-state index contributed by atoms with van der Waals surface area (Å²) in [6.07, 6.45) is 1.85. The third-order valence-corrected chi connectivity index (χ3v) is 4.14. The average molecular weight is 310 g/mol. The van der Waals surface area contributed by atoms with Crippen LogP contribution in [0.1, 0.15) is 11.1 Å². The van der Waals surface area contributed by atoms with Crippen LogP contribution in [0.2, 0.25) is 0 Å². The van der Waals surface area contributed by atoms with E-state index in [2.05, 4.69) is 10.3 Å². The molecule has 1 heterocycles. The number of hydrogen-bond donors (Lipinski definition) is 2. The highest BCUT2D eigenvalue weighted by molar-refractivity contribution is 8.18. The van der Waals surface area contributed by atoms with Crippen molar-refractivity contribution in [3.05, 3.63) is 64.6 Å². The Bertz CT molecular complexity index is 797. The van der Waals surface area contributed by atoms with Crippen molar-refractivity contribution in [3.8, 4) is 5.75 Å². The van der Waals surface area contributed by atoms with Crippen LogP contribution in [-0.2, 0) is 4.79 Å². The molecular formula is C17H14N2O2S. The van der Waals surface area contributed by atoms with Gasteiger partial charge in [-0.3, -0.25) is 4.79 Å². The summed E-state index contributed by atoms with van der Waals surface area (Å²) in [7, 11) is 0. The third-order valence-electron chi connectivity index (χ3n) is 3.23. The van der Waals surface area contributed by atoms with Gasteiger partial charge in [0.05, 0.1) is 4.91 Å². The van der Waals surface area contributed by atoms with Gasteiger partial charge < -0.3 is 10.4 Å². The molecule has 110 valence electrons. The molecule has 1 aliphatic rings. The molecule has 0 radical (unpaired) electrons. The second kappa shape index (κ2) is 6.07. The number of phenols is 1. The van der Waals surface area contributed by atoms with E-state index in [1.54, 1.807) is 24.3 Å². The van der Waals surface area contributed by atoms with E-state index >= 15 is 0 Å². The van der Waals surface area contributed by atoms with Gasteiger partial charge in [-0.2, -0.15) is 0 Å². The van der Waals surface area contributed by atoms with Crippen LogP contribution in [0.4, 0.5) is 5.69 Å². The lowest BCUT2D eigenvalue weighted by Crippen LogP contribution is -2.19. The molecule has 2 aromatic rings. The van der Waals surface area contributed by atoms with E-state index < -0.39 is 0 Å². The quantitative estimate of drug-likeness (QED) is 0.833. The first-order valence-corrected chi connectivity index (χ1v) is 7.58. The molecule has 5 heteroatoms. The molecule has 0 bridgehead atoms. The van der Waals surface area contributed by atoms with Gasteiger partial charge in [-0.05, 0) is 48.0 Å². The topological polar surface area (TPSA) is 61.7 Å². The number of amides is 1. The summed E-state index contributed by atoms with van der Waals surface area (Å²) in [5.74, 6) is -0.0939. The number of aryl methyl sites for hydroxylation is 1. The molecule has 3 rings (SSSR count). The van der Waals surface area contributed by atoms with Crippen molar-refractivity contribution in [3.63, 3.8) is 0 Å². The summed E-state index contributed by atoms with van der Waals surface area (Å²) in [6.45, 7) is 2.00. The van der Waals surface area contributed by atoms with Crippen molar-refractivity contribution in [2.24, 2.45) is 4.99 Å². The molecule has 4 nitrogen and oxygen atoms in total. The van der Waals surface area contributed by atoms with Crippen molar-refractivity contribution in [2.75, 3.05) is 0 Å². The Balaban J connectivity index is 1.88. The van der Waals surface area contributed by atoms with Crippen LogP contribution >= 0.6 is 11.8 Å². The lowest BCUT2D eigenvalue weighted by molar-refractivity contribution is -0.115. The number of aliphatic imine (C=N–C) groups is 1. The van der Waals surface area contributed by atoms with Crippen LogP contribution in [0.3, 0.4) is 0 Å². The van der Waals surface area contributed by atoms with Crippen LogP contribution < -0.4 is 5.32 Å². The Morgan fingerprint density at radius 1 is 1.14 bits per heavy atom. The van der Waals surface area contributed by atoms with Crippen LogP contribution in [0.5, 0.6) is 5.75 Å². The molecular weight excluding hydrogens is 296 g/mol. The van der Waals surface area contributed by atoms with E-state index in [0.717, 1.165) is 11.1 Å². The Morgan fingerprint density at radius 2 is 1.86 bits per heavy atom. The van der Waals surface area contributed by atoms with Gasteiger partial charge in [-0.15, -0.1) is 0 Å². The van der Waals surface area contributed by atoms with Crippen LogP contribution in [-0.4, -0.2) is 16.2 Å². The number of amidine groups is 1. The molecule has 0 atom stereocenters. The van der Waals surface area contributed by atoms with Crippen molar-refractivity contribution < 1.29 is 9.90 Å². The molecule has 2 aromatic carbocycles. The largest absolute Gasteiger partial charge is 0.506 e. The molecule has 22 heavy (non-hydrogen) atoms. The van der Waals surface area contributed by atoms with Crippen LogP contribution in [0.25, 0.3) is 6.08 Å². The molecule has 1 amide bonds. The number of benzene rings is 2. The minimum atomic E-state index is -0.178. The van der Waals surface area contributed by atoms with Crippen molar-refractivity contribution in [1.82, 2.24) is 5.32 Å². The number of carbonyl (C=O) groups is 1. The number of nitrogens with one attached hydrogen (secondary N) is 1. The van der Waals surface area contributed by atoms with Gasteiger partial charge in [0.15, 0.2) is 5.17 Å². The van der Waals surface area contributed by atoms with Gasteiger partial charge in [-0.25, -0.2) is 4.99 Å². The second-order valence-corrected chi connectivity index (χ2v) is 5.86. The fourth-order valence-corrected chi connectivity index (χ4v) is 2.86. The minimum absolute atomic E-state index is 0.0844. The van der Waals surface area contributed by atoms with Crippen molar-refractivity contribution in [1.29, 1.82) is 0 Å². The summed E-state index contributed by atoms with van der Waals surface area (Å²) in [5, 5.41) is 12.9. The van der Waals surface area contributed by atoms with Crippen molar-refractivity contribution in [2.45, 2.75) is 6.92 Å². The van der Waals surface area contributed by atoms with E-state index in [4.69, 9.17) is 0 Å². The summed E-state index contributed by atoms with van der Waals surface area (Å²) in [5.41, 5.74) is 2.54.